The Morgan fingerprint density at radius 2 is 1.94 bits per heavy atom. The van der Waals surface area contributed by atoms with E-state index in [0.717, 1.165) is 12.8 Å². The van der Waals surface area contributed by atoms with E-state index in [9.17, 15) is 4.79 Å². The molecule has 0 bridgehead atoms. The summed E-state index contributed by atoms with van der Waals surface area (Å²) in [6.07, 6.45) is 1.77. The van der Waals surface area contributed by atoms with Gasteiger partial charge in [-0.15, -0.1) is 11.8 Å². The van der Waals surface area contributed by atoms with Gasteiger partial charge < -0.3 is 0 Å². The van der Waals surface area contributed by atoms with Gasteiger partial charge in [-0.25, -0.2) is 0 Å². The van der Waals surface area contributed by atoms with E-state index in [2.05, 4.69) is 38.1 Å². The Morgan fingerprint density at radius 1 is 1.29 bits per heavy atom. The number of benzene rings is 1. The maximum atomic E-state index is 11.5. The van der Waals surface area contributed by atoms with Crippen molar-refractivity contribution < 1.29 is 4.79 Å². The van der Waals surface area contributed by atoms with Gasteiger partial charge in [-0.05, 0) is 30.4 Å². The number of hydrogen-bond donors (Lipinski definition) is 0. The summed E-state index contributed by atoms with van der Waals surface area (Å²) in [6.45, 7) is 6.44. The van der Waals surface area contributed by atoms with E-state index in [1.165, 1.54) is 11.1 Å². The molecule has 2 rings (SSSR count). The van der Waals surface area contributed by atoms with Crippen LogP contribution in [0.2, 0.25) is 0 Å². The van der Waals surface area contributed by atoms with Crippen LogP contribution in [0.15, 0.2) is 24.3 Å². The predicted molar refractivity (Wildman–Crippen MR) is 74.7 cm³/mol. The largest absolute Gasteiger partial charge is 0.298 e. The zero-order valence-corrected chi connectivity index (χ0v) is 11.6. The van der Waals surface area contributed by atoms with Crippen molar-refractivity contribution >= 4 is 17.5 Å². The normalized spacial score (nSPS) is 24.6. The van der Waals surface area contributed by atoms with Crippen LogP contribution < -0.4 is 0 Å². The van der Waals surface area contributed by atoms with E-state index in [1.54, 1.807) is 0 Å². The lowest BCUT2D eigenvalue weighted by molar-refractivity contribution is -0.117. The Hall–Kier alpha value is -0.760. The molecule has 1 aliphatic rings. The number of Topliss-reactive ketones (excluding diaryl/α,β-unsaturated/α-hetero) is 1. The molecule has 0 amide bonds. The van der Waals surface area contributed by atoms with Crippen LogP contribution in [0.25, 0.3) is 0 Å². The van der Waals surface area contributed by atoms with Crippen molar-refractivity contribution in [2.24, 2.45) is 0 Å². The Balaban J connectivity index is 1.98. The fourth-order valence-electron chi connectivity index (χ4n) is 2.22. The molecule has 1 aliphatic heterocycles. The molecule has 2 heteroatoms. The van der Waals surface area contributed by atoms with Crippen molar-refractivity contribution in [2.45, 2.75) is 50.0 Å². The van der Waals surface area contributed by atoms with Gasteiger partial charge in [-0.1, -0.05) is 38.1 Å². The minimum absolute atomic E-state index is 0.204. The highest BCUT2D eigenvalue weighted by molar-refractivity contribution is 8.01. The predicted octanol–water partition coefficient (Wildman–Crippen LogP) is 3.82. The second-order valence-corrected chi connectivity index (χ2v) is 6.82. The Labute approximate surface area is 108 Å². The molecular weight excluding hydrogens is 228 g/mol. The lowest BCUT2D eigenvalue weighted by atomic mass is 9.99. The van der Waals surface area contributed by atoms with E-state index < -0.39 is 0 Å². The fourth-order valence-corrected chi connectivity index (χ4v) is 3.60. The van der Waals surface area contributed by atoms with E-state index in [0.29, 0.717) is 17.0 Å². The third kappa shape index (κ3) is 3.12. The number of rotatable bonds is 3. The highest BCUT2D eigenvalue weighted by atomic mass is 32.2. The SMILES string of the molecule is CC1SC(Cc2ccc(C(C)C)cc2)CC1=O. The maximum Gasteiger partial charge on any atom is 0.146 e. The zero-order chi connectivity index (χ0) is 12.4. The summed E-state index contributed by atoms with van der Waals surface area (Å²) < 4.78 is 0. The van der Waals surface area contributed by atoms with Crippen LogP contribution in [0.3, 0.4) is 0 Å². The Bertz CT molecular complexity index is 394. The first-order valence-electron chi connectivity index (χ1n) is 6.33. The van der Waals surface area contributed by atoms with Gasteiger partial charge in [0.2, 0.25) is 0 Å². The number of ketones is 1. The molecule has 2 unspecified atom stereocenters. The molecule has 1 aromatic carbocycles. The van der Waals surface area contributed by atoms with Gasteiger partial charge in [-0.3, -0.25) is 4.79 Å². The van der Waals surface area contributed by atoms with Crippen LogP contribution in [0.1, 0.15) is 44.2 Å². The molecule has 0 aliphatic carbocycles. The quantitative estimate of drug-likeness (QED) is 0.809. The standard InChI is InChI=1S/C15H20OS/c1-10(2)13-6-4-12(5-7-13)8-14-9-15(16)11(3)17-14/h4-7,10-11,14H,8-9H2,1-3H3. The van der Waals surface area contributed by atoms with E-state index in [-0.39, 0.29) is 5.25 Å². The van der Waals surface area contributed by atoms with Crippen LogP contribution in [0, 0.1) is 0 Å². The van der Waals surface area contributed by atoms with Crippen molar-refractivity contribution in [3.05, 3.63) is 35.4 Å². The smallest absolute Gasteiger partial charge is 0.146 e. The van der Waals surface area contributed by atoms with Gasteiger partial charge >= 0.3 is 0 Å². The minimum Gasteiger partial charge on any atom is -0.298 e. The van der Waals surface area contributed by atoms with Gasteiger partial charge in [0.05, 0.1) is 5.25 Å². The summed E-state index contributed by atoms with van der Waals surface area (Å²) in [5, 5.41) is 0.692. The first-order valence-corrected chi connectivity index (χ1v) is 7.27. The van der Waals surface area contributed by atoms with Crippen molar-refractivity contribution in [1.29, 1.82) is 0 Å². The summed E-state index contributed by atoms with van der Waals surface area (Å²) in [5.74, 6) is 1.00. The van der Waals surface area contributed by atoms with Crippen LogP contribution in [-0.4, -0.2) is 16.3 Å². The van der Waals surface area contributed by atoms with Gasteiger partial charge in [0.25, 0.3) is 0 Å². The summed E-state index contributed by atoms with van der Waals surface area (Å²) >= 11 is 1.83. The average Bonchev–Trinajstić information content (AvgIpc) is 2.58. The number of thioether (sulfide) groups is 1. The van der Waals surface area contributed by atoms with Crippen LogP contribution in [0.4, 0.5) is 0 Å². The molecule has 1 saturated heterocycles. The molecule has 0 saturated carbocycles. The molecule has 0 spiro atoms. The molecule has 1 fully saturated rings. The van der Waals surface area contributed by atoms with Crippen LogP contribution >= 0.6 is 11.8 Å². The van der Waals surface area contributed by atoms with E-state index in [1.807, 2.05) is 18.7 Å². The minimum atomic E-state index is 0.204. The lowest BCUT2D eigenvalue weighted by Crippen LogP contribution is -2.05. The Morgan fingerprint density at radius 3 is 2.41 bits per heavy atom. The van der Waals surface area contributed by atoms with Gasteiger partial charge in [0.1, 0.15) is 5.78 Å². The highest BCUT2D eigenvalue weighted by Crippen LogP contribution is 2.33. The van der Waals surface area contributed by atoms with Crippen LogP contribution in [-0.2, 0) is 11.2 Å². The first kappa shape index (κ1) is 12.7. The molecular formula is C15H20OS. The third-order valence-corrected chi connectivity index (χ3v) is 4.78. The number of hydrogen-bond acceptors (Lipinski definition) is 2. The van der Waals surface area contributed by atoms with Crippen LogP contribution in [0.5, 0.6) is 0 Å². The average molecular weight is 248 g/mol. The van der Waals surface area contributed by atoms with Gasteiger partial charge in [-0.2, -0.15) is 0 Å². The van der Waals surface area contributed by atoms with E-state index in [4.69, 9.17) is 0 Å². The van der Waals surface area contributed by atoms with Gasteiger partial charge in [0, 0.05) is 11.7 Å². The lowest BCUT2D eigenvalue weighted by Gasteiger charge is -2.10. The molecule has 92 valence electrons. The van der Waals surface area contributed by atoms with Crippen molar-refractivity contribution in [3.63, 3.8) is 0 Å². The summed E-state index contributed by atoms with van der Waals surface area (Å²) in [4.78, 5) is 11.5. The molecule has 2 atom stereocenters. The molecule has 1 nitrogen and oxygen atoms in total. The second-order valence-electron chi connectivity index (χ2n) is 5.17. The zero-order valence-electron chi connectivity index (χ0n) is 10.8. The first-order chi connectivity index (χ1) is 8.06. The molecule has 0 radical (unpaired) electrons. The highest BCUT2D eigenvalue weighted by Gasteiger charge is 2.29. The van der Waals surface area contributed by atoms with Crippen molar-refractivity contribution in [1.82, 2.24) is 0 Å². The topological polar surface area (TPSA) is 17.1 Å². The van der Waals surface area contributed by atoms with Crippen molar-refractivity contribution in [3.8, 4) is 0 Å². The molecule has 0 N–H and O–H groups in total. The second kappa shape index (κ2) is 5.26. The molecule has 0 aromatic heterocycles. The van der Waals surface area contributed by atoms with Gasteiger partial charge in [0.15, 0.2) is 0 Å². The third-order valence-electron chi connectivity index (χ3n) is 3.39. The molecule has 17 heavy (non-hydrogen) atoms. The number of carbonyl (C=O) groups excluding carboxylic acids is 1. The van der Waals surface area contributed by atoms with E-state index >= 15 is 0 Å². The number of carbonyl (C=O) groups is 1. The summed E-state index contributed by atoms with van der Waals surface area (Å²) in [7, 11) is 0. The monoisotopic (exact) mass is 248 g/mol. The fraction of sp³-hybridized carbons (Fsp3) is 0.533. The summed E-state index contributed by atoms with van der Waals surface area (Å²) in [6, 6.07) is 8.85. The molecule has 1 aromatic rings. The van der Waals surface area contributed by atoms with Crippen molar-refractivity contribution in [2.75, 3.05) is 0 Å². The summed E-state index contributed by atoms with van der Waals surface area (Å²) in [5.41, 5.74) is 2.74. The molecule has 1 heterocycles. The Kier molecular flexibility index (Phi) is 3.93. The maximum absolute atomic E-state index is 11.5.